The lowest BCUT2D eigenvalue weighted by Crippen LogP contribution is -2.38. The van der Waals surface area contributed by atoms with Crippen molar-refractivity contribution in [1.82, 2.24) is 9.62 Å². The highest BCUT2D eigenvalue weighted by Crippen LogP contribution is 2.17. The number of ether oxygens (including phenoxy) is 1. The number of nitrogens with one attached hydrogen (secondary N) is 1. The van der Waals surface area contributed by atoms with E-state index in [1.807, 2.05) is 0 Å². The molecule has 0 saturated carbocycles. The van der Waals surface area contributed by atoms with Crippen LogP contribution >= 0.6 is 15.9 Å². The van der Waals surface area contributed by atoms with Crippen molar-refractivity contribution in [3.63, 3.8) is 0 Å². The van der Waals surface area contributed by atoms with Crippen LogP contribution in [0.1, 0.15) is 12.8 Å². The van der Waals surface area contributed by atoms with Crippen LogP contribution in [0.25, 0.3) is 0 Å². The second-order valence-corrected chi connectivity index (χ2v) is 7.71. The summed E-state index contributed by atoms with van der Waals surface area (Å²) >= 11 is 3.23. The highest BCUT2D eigenvalue weighted by molar-refractivity contribution is 9.10. The zero-order chi connectivity index (χ0) is 17.5. The van der Waals surface area contributed by atoms with E-state index in [9.17, 15) is 18.0 Å². The van der Waals surface area contributed by atoms with Crippen LogP contribution in [0.2, 0.25) is 0 Å². The first-order valence-electron chi connectivity index (χ1n) is 6.83. The van der Waals surface area contributed by atoms with Crippen LogP contribution in [-0.4, -0.2) is 51.8 Å². The Labute approximate surface area is 144 Å². The van der Waals surface area contributed by atoms with Crippen LogP contribution in [0, 0.1) is 0 Å². The number of sulfonamides is 1. The monoisotopic (exact) mass is 406 g/mol. The van der Waals surface area contributed by atoms with Crippen LogP contribution in [0.3, 0.4) is 0 Å². The molecular weight excluding hydrogens is 388 g/mol. The molecule has 0 radical (unpaired) electrons. The van der Waals surface area contributed by atoms with Gasteiger partial charge in [-0.05, 0) is 30.7 Å². The number of benzene rings is 1. The van der Waals surface area contributed by atoms with Crippen molar-refractivity contribution < 1.29 is 22.7 Å². The van der Waals surface area contributed by atoms with E-state index < -0.39 is 15.9 Å². The first kappa shape index (κ1) is 19.6. The minimum atomic E-state index is -3.72. The Morgan fingerprint density at radius 2 is 1.87 bits per heavy atom. The van der Waals surface area contributed by atoms with Gasteiger partial charge in [0, 0.05) is 24.5 Å². The Morgan fingerprint density at radius 3 is 2.43 bits per heavy atom. The summed E-state index contributed by atoms with van der Waals surface area (Å²) in [5, 5.41) is 2.57. The fourth-order valence-corrected chi connectivity index (χ4v) is 3.08. The van der Waals surface area contributed by atoms with Crippen molar-refractivity contribution in [2.75, 3.05) is 27.2 Å². The number of esters is 1. The van der Waals surface area contributed by atoms with Gasteiger partial charge in [-0.2, -0.15) is 4.31 Å². The predicted octanol–water partition coefficient (Wildman–Crippen LogP) is 1.14. The first-order chi connectivity index (χ1) is 10.8. The first-order valence-corrected chi connectivity index (χ1v) is 9.06. The van der Waals surface area contributed by atoms with Gasteiger partial charge in [-0.3, -0.25) is 9.59 Å². The maximum Gasteiger partial charge on any atom is 0.305 e. The van der Waals surface area contributed by atoms with Crippen molar-refractivity contribution in [2.45, 2.75) is 17.7 Å². The Kier molecular flexibility index (Phi) is 7.66. The van der Waals surface area contributed by atoms with Crippen molar-refractivity contribution in [3.05, 3.63) is 28.7 Å². The fourth-order valence-electron chi connectivity index (χ4n) is 1.69. The van der Waals surface area contributed by atoms with E-state index in [1.54, 1.807) is 12.1 Å². The number of halogens is 1. The zero-order valence-corrected chi connectivity index (χ0v) is 15.3. The number of likely N-dealkylation sites (N-methyl/N-ethyl adjacent to an activating group) is 1. The van der Waals surface area contributed by atoms with Crippen molar-refractivity contribution in [3.8, 4) is 0 Å². The molecule has 0 aliphatic heterocycles. The molecule has 128 valence electrons. The number of hydrogen-bond donors (Lipinski definition) is 1. The van der Waals surface area contributed by atoms with Crippen molar-refractivity contribution in [1.29, 1.82) is 0 Å². The number of nitrogens with zero attached hydrogens (tertiary/aromatic N) is 1. The number of amides is 1. The smallest absolute Gasteiger partial charge is 0.305 e. The highest BCUT2D eigenvalue weighted by Gasteiger charge is 2.22. The summed E-state index contributed by atoms with van der Waals surface area (Å²) in [6.07, 6.45) is 0.630. The Hall–Kier alpha value is -1.45. The topological polar surface area (TPSA) is 92.8 Å². The van der Waals surface area contributed by atoms with Gasteiger partial charge in [0.05, 0.1) is 18.6 Å². The van der Waals surface area contributed by atoms with Crippen LogP contribution in [-0.2, 0) is 24.3 Å². The number of carbonyl (C=O) groups excluding carboxylic acids is 2. The lowest BCUT2D eigenvalue weighted by atomic mass is 10.3. The molecule has 23 heavy (non-hydrogen) atoms. The molecule has 0 aliphatic carbocycles. The number of carbonyl (C=O) groups is 2. The van der Waals surface area contributed by atoms with Crippen LogP contribution < -0.4 is 5.32 Å². The number of hydrogen-bond acceptors (Lipinski definition) is 5. The van der Waals surface area contributed by atoms with Crippen LogP contribution in [0.5, 0.6) is 0 Å². The molecule has 0 fully saturated rings. The average molecular weight is 407 g/mol. The van der Waals surface area contributed by atoms with Crippen LogP contribution in [0.15, 0.2) is 33.6 Å². The largest absolute Gasteiger partial charge is 0.469 e. The van der Waals surface area contributed by atoms with E-state index >= 15 is 0 Å². The molecule has 0 atom stereocenters. The molecule has 7 nitrogen and oxygen atoms in total. The highest BCUT2D eigenvalue weighted by atomic mass is 79.9. The Bertz CT molecular complexity index is 646. The minimum absolute atomic E-state index is 0.113. The molecule has 1 aromatic rings. The minimum Gasteiger partial charge on any atom is -0.469 e. The maximum atomic E-state index is 12.3. The summed E-state index contributed by atoms with van der Waals surface area (Å²) in [7, 11) is -1.09. The molecule has 1 aromatic carbocycles. The standard InChI is InChI=1S/C14H19BrN2O5S/c1-17(10-13(18)16-9-3-4-14(19)22-2)23(20,21)12-7-5-11(15)6-8-12/h5-8H,3-4,9-10H2,1-2H3,(H,16,18). The summed E-state index contributed by atoms with van der Waals surface area (Å²) in [4.78, 5) is 22.8. The molecule has 1 amide bonds. The molecule has 0 aliphatic rings. The normalized spacial score (nSPS) is 11.3. The Morgan fingerprint density at radius 1 is 1.26 bits per heavy atom. The van der Waals surface area contributed by atoms with Crippen LogP contribution in [0.4, 0.5) is 0 Å². The fraction of sp³-hybridized carbons (Fsp3) is 0.429. The lowest BCUT2D eigenvalue weighted by molar-refractivity contribution is -0.140. The van der Waals surface area contributed by atoms with Gasteiger partial charge in [0.1, 0.15) is 0 Å². The summed E-state index contributed by atoms with van der Waals surface area (Å²) in [6.45, 7) is -0.0171. The van der Waals surface area contributed by atoms with E-state index in [0.29, 0.717) is 6.42 Å². The lowest BCUT2D eigenvalue weighted by Gasteiger charge is -2.17. The van der Waals surface area contributed by atoms with E-state index in [4.69, 9.17) is 0 Å². The van der Waals surface area contributed by atoms with Gasteiger partial charge >= 0.3 is 5.97 Å². The van der Waals surface area contributed by atoms with Gasteiger partial charge in [0.2, 0.25) is 15.9 Å². The molecule has 1 rings (SSSR count). The van der Waals surface area contributed by atoms with Gasteiger partial charge in [0.15, 0.2) is 0 Å². The molecule has 0 spiro atoms. The average Bonchev–Trinajstić information content (AvgIpc) is 2.51. The molecule has 0 saturated heterocycles. The quantitative estimate of drug-likeness (QED) is 0.516. The Balaban J connectivity index is 2.51. The number of methoxy groups -OCH3 is 1. The molecular formula is C14H19BrN2O5S. The SMILES string of the molecule is COC(=O)CCCNC(=O)CN(C)S(=O)(=O)c1ccc(Br)cc1. The molecule has 1 N–H and O–H groups in total. The third-order valence-electron chi connectivity index (χ3n) is 3.00. The summed E-state index contributed by atoms with van der Waals surface area (Å²) in [6, 6.07) is 6.16. The third-order valence-corrected chi connectivity index (χ3v) is 5.34. The van der Waals surface area contributed by atoms with Gasteiger partial charge in [0.25, 0.3) is 0 Å². The summed E-state index contributed by atoms with van der Waals surface area (Å²) < 4.78 is 30.8. The van der Waals surface area contributed by atoms with Gasteiger partial charge in [-0.15, -0.1) is 0 Å². The summed E-state index contributed by atoms with van der Waals surface area (Å²) in [5.74, 6) is -0.785. The van der Waals surface area contributed by atoms with Crippen molar-refractivity contribution in [2.24, 2.45) is 0 Å². The van der Waals surface area contributed by atoms with E-state index in [2.05, 4.69) is 26.0 Å². The van der Waals surface area contributed by atoms with E-state index in [0.717, 1.165) is 8.78 Å². The maximum absolute atomic E-state index is 12.3. The van der Waals surface area contributed by atoms with E-state index in [-0.39, 0.29) is 30.4 Å². The number of rotatable bonds is 8. The molecule has 0 unspecified atom stereocenters. The third kappa shape index (κ3) is 6.28. The van der Waals surface area contributed by atoms with Gasteiger partial charge in [-0.25, -0.2) is 8.42 Å². The van der Waals surface area contributed by atoms with Gasteiger partial charge < -0.3 is 10.1 Å². The van der Waals surface area contributed by atoms with E-state index in [1.165, 1.54) is 26.3 Å². The molecule has 0 heterocycles. The molecule has 9 heteroatoms. The second kappa shape index (κ2) is 8.99. The molecule has 0 aromatic heterocycles. The summed E-state index contributed by atoms with van der Waals surface area (Å²) in [5.41, 5.74) is 0. The predicted molar refractivity (Wildman–Crippen MR) is 88.2 cm³/mol. The second-order valence-electron chi connectivity index (χ2n) is 4.74. The van der Waals surface area contributed by atoms with Gasteiger partial charge in [-0.1, -0.05) is 15.9 Å². The zero-order valence-electron chi connectivity index (χ0n) is 12.9. The molecule has 0 bridgehead atoms. The van der Waals surface area contributed by atoms with Crippen molar-refractivity contribution >= 4 is 37.8 Å².